The standard InChI is InChI=1S/C31H41N3O5/c35-30(36)27(34-31(37)39-28-11-5-4-10-26(28)22-7-2-1-3-8-22)16-18-38-25-19-21(20-25)12-14-24-15-13-23-9-6-17-32-29(23)33-24/h1-3,7-8,13,15,21,25-28H,4-6,9-12,14,16-20H2,(H,32,33)(H,34,37)(H,35,36)/t21?,25?,26-,27?,28+/m0/s1. The quantitative estimate of drug-likeness (QED) is 0.350. The van der Waals surface area contributed by atoms with Crippen molar-refractivity contribution >= 4 is 17.9 Å². The normalized spacial score (nSPS) is 24.9. The van der Waals surface area contributed by atoms with Crippen molar-refractivity contribution in [1.29, 1.82) is 0 Å². The van der Waals surface area contributed by atoms with Crippen LogP contribution >= 0.6 is 0 Å². The van der Waals surface area contributed by atoms with Gasteiger partial charge in [0.15, 0.2) is 0 Å². The largest absolute Gasteiger partial charge is 0.480 e. The molecule has 1 amide bonds. The smallest absolute Gasteiger partial charge is 0.408 e. The molecule has 210 valence electrons. The summed E-state index contributed by atoms with van der Waals surface area (Å²) >= 11 is 0. The van der Waals surface area contributed by atoms with Gasteiger partial charge in [0, 0.05) is 31.2 Å². The van der Waals surface area contributed by atoms with Crippen LogP contribution in [0.1, 0.15) is 80.5 Å². The second-order valence-electron chi connectivity index (χ2n) is 11.3. The summed E-state index contributed by atoms with van der Waals surface area (Å²) in [4.78, 5) is 29.2. The lowest BCUT2D eigenvalue weighted by molar-refractivity contribution is -0.140. The second kappa shape index (κ2) is 13.3. The zero-order chi connectivity index (χ0) is 27.0. The number of hydrogen-bond donors (Lipinski definition) is 3. The Morgan fingerprint density at radius 1 is 1.08 bits per heavy atom. The van der Waals surface area contributed by atoms with E-state index in [1.807, 2.05) is 18.2 Å². The highest BCUT2D eigenvalue weighted by molar-refractivity contribution is 5.79. The van der Waals surface area contributed by atoms with Crippen LogP contribution in [0, 0.1) is 5.92 Å². The number of carboxylic acids is 1. The van der Waals surface area contributed by atoms with Crippen molar-refractivity contribution < 1.29 is 24.2 Å². The summed E-state index contributed by atoms with van der Waals surface area (Å²) in [5, 5.41) is 15.6. The molecule has 2 aliphatic carbocycles. The Bertz CT molecular complexity index is 1100. The van der Waals surface area contributed by atoms with E-state index in [-0.39, 0.29) is 24.5 Å². The summed E-state index contributed by atoms with van der Waals surface area (Å²) in [6.45, 7) is 1.29. The first-order valence-electron chi connectivity index (χ1n) is 14.6. The average Bonchev–Trinajstić information content (AvgIpc) is 2.93. The SMILES string of the molecule is O=C(NC(CCOC1CC(CCc2ccc3c(n2)NCCC3)C1)C(=O)O)O[C@@H]1CCCC[C@H]1c1ccccc1. The Balaban J connectivity index is 1.00. The van der Waals surface area contributed by atoms with Gasteiger partial charge in [0.1, 0.15) is 18.0 Å². The van der Waals surface area contributed by atoms with Gasteiger partial charge in [-0.2, -0.15) is 0 Å². The number of pyridine rings is 1. The van der Waals surface area contributed by atoms with E-state index in [1.54, 1.807) is 0 Å². The number of hydrogen-bond acceptors (Lipinski definition) is 6. The zero-order valence-electron chi connectivity index (χ0n) is 22.6. The molecule has 0 bridgehead atoms. The van der Waals surface area contributed by atoms with E-state index in [0.717, 1.165) is 81.4 Å². The minimum absolute atomic E-state index is 0.142. The van der Waals surface area contributed by atoms with Crippen molar-refractivity contribution in [2.24, 2.45) is 5.92 Å². The Labute approximate surface area is 230 Å². The average molecular weight is 536 g/mol. The Kier molecular flexibility index (Phi) is 9.35. The Morgan fingerprint density at radius 3 is 2.72 bits per heavy atom. The number of anilines is 1. The minimum atomic E-state index is -1.07. The lowest BCUT2D eigenvalue weighted by Gasteiger charge is -2.35. The van der Waals surface area contributed by atoms with Crippen LogP contribution < -0.4 is 10.6 Å². The number of amides is 1. The van der Waals surface area contributed by atoms with Gasteiger partial charge in [-0.1, -0.05) is 42.8 Å². The third-order valence-corrected chi connectivity index (χ3v) is 8.49. The molecular weight excluding hydrogens is 494 g/mol. The van der Waals surface area contributed by atoms with E-state index < -0.39 is 18.1 Å². The number of carbonyl (C=O) groups excluding carboxylic acids is 1. The van der Waals surface area contributed by atoms with Crippen molar-refractivity contribution in [3.63, 3.8) is 0 Å². The predicted octanol–water partition coefficient (Wildman–Crippen LogP) is 5.46. The monoisotopic (exact) mass is 535 g/mol. The molecule has 2 saturated carbocycles. The highest BCUT2D eigenvalue weighted by Gasteiger charge is 2.32. The fourth-order valence-electron chi connectivity index (χ4n) is 6.15. The number of alkyl carbamates (subject to hydrolysis) is 1. The van der Waals surface area contributed by atoms with Gasteiger partial charge in [0.25, 0.3) is 0 Å². The zero-order valence-corrected chi connectivity index (χ0v) is 22.6. The third-order valence-electron chi connectivity index (χ3n) is 8.49. The van der Waals surface area contributed by atoms with Gasteiger partial charge >= 0.3 is 12.1 Å². The second-order valence-corrected chi connectivity index (χ2v) is 11.3. The van der Waals surface area contributed by atoms with Gasteiger partial charge in [0.2, 0.25) is 0 Å². The van der Waals surface area contributed by atoms with Crippen LogP contribution in [0.3, 0.4) is 0 Å². The van der Waals surface area contributed by atoms with Crippen molar-refractivity contribution in [2.45, 2.75) is 94.8 Å². The number of rotatable bonds is 11. The molecule has 8 nitrogen and oxygen atoms in total. The first-order valence-corrected chi connectivity index (χ1v) is 14.6. The number of aromatic nitrogens is 1. The number of fused-ring (bicyclic) bond motifs is 1. The van der Waals surface area contributed by atoms with E-state index in [0.29, 0.717) is 12.5 Å². The van der Waals surface area contributed by atoms with Gasteiger partial charge in [-0.25, -0.2) is 14.6 Å². The summed E-state index contributed by atoms with van der Waals surface area (Å²) in [5.41, 5.74) is 3.61. The fraction of sp³-hybridized carbons (Fsp3) is 0.581. The number of benzene rings is 1. The maximum atomic E-state index is 12.6. The van der Waals surface area contributed by atoms with E-state index in [9.17, 15) is 14.7 Å². The highest BCUT2D eigenvalue weighted by atomic mass is 16.6. The number of nitrogens with one attached hydrogen (secondary N) is 2. The Hall–Kier alpha value is -3.13. The maximum Gasteiger partial charge on any atom is 0.408 e. The first kappa shape index (κ1) is 27.4. The molecule has 39 heavy (non-hydrogen) atoms. The van der Waals surface area contributed by atoms with Crippen molar-refractivity contribution in [1.82, 2.24) is 10.3 Å². The number of aryl methyl sites for hydroxylation is 2. The van der Waals surface area contributed by atoms with Crippen LogP contribution in [0.4, 0.5) is 10.6 Å². The molecule has 3 atom stereocenters. The van der Waals surface area contributed by atoms with Crippen LogP contribution in [0.25, 0.3) is 0 Å². The number of nitrogens with zero attached hydrogens (tertiary/aromatic N) is 1. The molecule has 3 N–H and O–H groups in total. The first-order chi connectivity index (χ1) is 19.0. The third kappa shape index (κ3) is 7.50. The van der Waals surface area contributed by atoms with Gasteiger partial charge in [-0.05, 0) is 80.9 Å². The van der Waals surface area contributed by atoms with E-state index in [2.05, 4.69) is 34.9 Å². The number of carboxylic acid groups (broad SMARTS) is 1. The summed E-state index contributed by atoms with van der Waals surface area (Å²) in [7, 11) is 0. The molecule has 2 fully saturated rings. The molecular formula is C31H41N3O5. The summed E-state index contributed by atoms with van der Waals surface area (Å²) < 4.78 is 11.7. The molecule has 2 aromatic rings. The van der Waals surface area contributed by atoms with Crippen LogP contribution in [-0.4, -0.2) is 53.6 Å². The van der Waals surface area contributed by atoms with Crippen molar-refractivity contribution in [3.8, 4) is 0 Å². The number of aliphatic carboxylic acids is 1. The van der Waals surface area contributed by atoms with E-state index in [1.165, 1.54) is 12.0 Å². The molecule has 2 heterocycles. The van der Waals surface area contributed by atoms with Crippen LogP contribution in [0.5, 0.6) is 0 Å². The molecule has 1 aliphatic heterocycles. The fourth-order valence-corrected chi connectivity index (χ4v) is 6.15. The summed E-state index contributed by atoms with van der Waals surface area (Å²) in [5.74, 6) is 0.729. The summed E-state index contributed by atoms with van der Waals surface area (Å²) in [6, 6.07) is 13.4. The maximum absolute atomic E-state index is 12.6. The molecule has 0 spiro atoms. The molecule has 1 unspecified atom stereocenters. The van der Waals surface area contributed by atoms with Gasteiger partial charge in [-0.15, -0.1) is 0 Å². The van der Waals surface area contributed by atoms with E-state index in [4.69, 9.17) is 14.5 Å². The molecule has 1 aromatic carbocycles. The van der Waals surface area contributed by atoms with Gasteiger partial charge < -0.3 is 25.2 Å². The lowest BCUT2D eigenvalue weighted by atomic mass is 9.79. The Morgan fingerprint density at radius 2 is 1.90 bits per heavy atom. The van der Waals surface area contributed by atoms with Crippen LogP contribution in [0.15, 0.2) is 42.5 Å². The van der Waals surface area contributed by atoms with Gasteiger partial charge in [-0.3, -0.25) is 0 Å². The van der Waals surface area contributed by atoms with Crippen molar-refractivity contribution in [3.05, 3.63) is 59.3 Å². The molecule has 3 aliphatic rings. The molecule has 0 radical (unpaired) electrons. The minimum Gasteiger partial charge on any atom is -0.480 e. The topological polar surface area (TPSA) is 110 Å². The lowest BCUT2D eigenvalue weighted by Crippen LogP contribution is -2.44. The highest BCUT2D eigenvalue weighted by Crippen LogP contribution is 2.35. The van der Waals surface area contributed by atoms with Crippen molar-refractivity contribution in [2.75, 3.05) is 18.5 Å². The summed E-state index contributed by atoms with van der Waals surface area (Å²) in [6.07, 6.45) is 9.60. The predicted molar refractivity (Wildman–Crippen MR) is 149 cm³/mol. The van der Waals surface area contributed by atoms with E-state index >= 15 is 0 Å². The van der Waals surface area contributed by atoms with Gasteiger partial charge in [0.05, 0.1) is 6.10 Å². The molecule has 1 aromatic heterocycles. The number of ether oxygens (including phenoxy) is 2. The molecule has 5 rings (SSSR count). The number of carbonyl (C=O) groups is 2. The van der Waals surface area contributed by atoms with Crippen LogP contribution in [0.2, 0.25) is 0 Å². The molecule has 0 saturated heterocycles. The van der Waals surface area contributed by atoms with Crippen LogP contribution in [-0.2, 0) is 27.1 Å². The molecule has 8 heteroatoms.